The maximum Gasteiger partial charge on any atom is 0.232 e. The number of aryl methyl sites for hydroxylation is 2. The minimum Gasteiger partial charge on any atom is -0.326 e. The largest absolute Gasteiger partial charge is 0.326 e. The van der Waals surface area contributed by atoms with E-state index in [1.165, 1.54) is 27.1 Å². The van der Waals surface area contributed by atoms with E-state index in [0.29, 0.717) is 12.1 Å². The fourth-order valence-electron chi connectivity index (χ4n) is 4.05. The van der Waals surface area contributed by atoms with Gasteiger partial charge < -0.3 is 5.32 Å². The summed E-state index contributed by atoms with van der Waals surface area (Å²) in [6.07, 6.45) is 3.97. The Hall–Kier alpha value is -2.13. The number of nitrogens with zero attached hydrogens (tertiary/aromatic N) is 1. The number of carbonyl (C=O) groups is 1. The van der Waals surface area contributed by atoms with Gasteiger partial charge in [0.1, 0.15) is 0 Å². The van der Waals surface area contributed by atoms with Crippen molar-refractivity contribution in [3.05, 3.63) is 69.3 Å². The van der Waals surface area contributed by atoms with Crippen LogP contribution in [-0.2, 0) is 27.7 Å². The molecule has 0 saturated carbocycles. The molecule has 1 N–H and O–H groups in total. The van der Waals surface area contributed by atoms with Crippen molar-refractivity contribution in [2.24, 2.45) is 0 Å². The van der Waals surface area contributed by atoms with Crippen LogP contribution in [-0.4, -0.2) is 27.1 Å². The lowest BCUT2D eigenvalue weighted by molar-refractivity contribution is -0.116. The van der Waals surface area contributed by atoms with E-state index < -0.39 is 10.0 Å². The van der Waals surface area contributed by atoms with Crippen molar-refractivity contribution >= 4 is 60.7 Å². The summed E-state index contributed by atoms with van der Waals surface area (Å²) >= 11 is 2.18. The molecule has 5 nitrogen and oxygen atoms in total. The van der Waals surface area contributed by atoms with Crippen LogP contribution in [0.3, 0.4) is 0 Å². The van der Waals surface area contributed by atoms with E-state index in [1.807, 2.05) is 30.3 Å². The van der Waals surface area contributed by atoms with Gasteiger partial charge in [-0.15, -0.1) is 0 Å². The smallest absolute Gasteiger partial charge is 0.232 e. The highest BCUT2D eigenvalue weighted by molar-refractivity contribution is 14.1. The predicted octanol–water partition coefficient (Wildman–Crippen LogP) is 4.73. The van der Waals surface area contributed by atoms with Crippen molar-refractivity contribution in [2.45, 2.75) is 25.7 Å². The standard InChI is InChI=1S/C23H23IN2O3S/c1-30(28,29)26(19-12-10-18(24)11-13-19)15-3-6-22(27)25-21-14-9-17-8-7-16-4-2-5-20(21)23(16)17/h2,4-5,9-14H,3,6-8,15H2,1H3,(H,25,27). The molecule has 0 aromatic heterocycles. The van der Waals surface area contributed by atoms with Crippen molar-refractivity contribution < 1.29 is 13.2 Å². The van der Waals surface area contributed by atoms with Gasteiger partial charge in [-0.05, 0) is 88.7 Å². The summed E-state index contributed by atoms with van der Waals surface area (Å²) < 4.78 is 26.8. The van der Waals surface area contributed by atoms with E-state index in [0.717, 1.165) is 27.5 Å². The van der Waals surface area contributed by atoms with E-state index in [2.05, 4.69) is 40.0 Å². The van der Waals surface area contributed by atoms with Gasteiger partial charge in [-0.3, -0.25) is 9.10 Å². The molecule has 0 spiro atoms. The van der Waals surface area contributed by atoms with Crippen molar-refractivity contribution in [1.82, 2.24) is 0 Å². The Balaban J connectivity index is 1.43. The quantitative estimate of drug-likeness (QED) is 0.446. The lowest BCUT2D eigenvalue weighted by atomic mass is 10.0. The maximum atomic E-state index is 12.6. The first-order valence-corrected chi connectivity index (χ1v) is 12.8. The van der Waals surface area contributed by atoms with Crippen LogP contribution < -0.4 is 9.62 Å². The summed E-state index contributed by atoms with van der Waals surface area (Å²) in [5.74, 6) is -0.107. The molecule has 4 rings (SSSR count). The molecule has 0 heterocycles. The fourth-order valence-corrected chi connectivity index (χ4v) is 5.37. The number of anilines is 2. The maximum absolute atomic E-state index is 12.6. The van der Waals surface area contributed by atoms with E-state index in [-0.39, 0.29) is 18.9 Å². The lowest BCUT2D eigenvalue weighted by Gasteiger charge is -2.22. The highest BCUT2D eigenvalue weighted by Crippen LogP contribution is 2.35. The van der Waals surface area contributed by atoms with Crippen molar-refractivity contribution in [2.75, 3.05) is 22.4 Å². The van der Waals surface area contributed by atoms with Crippen LogP contribution in [0.4, 0.5) is 11.4 Å². The molecule has 3 aromatic rings. The minimum absolute atomic E-state index is 0.107. The van der Waals surface area contributed by atoms with E-state index in [4.69, 9.17) is 0 Å². The molecule has 0 fully saturated rings. The first-order chi connectivity index (χ1) is 14.3. The molecule has 0 atom stereocenters. The molecule has 0 unspecified atom stereocenters. The van der Waals surface area contributed by atoms with Gasteiger partial charge in [0.25, 0.3) is 0 Å². The van der Waals surface area contributed by atoms with Crippen molar-refractivity contribution in [3.63, 3.8) is 0 Å². The third kappa shape index (κ3) is 4.46. The molecule has 3 aromatic carbocycles. The molecule has 156 valence electrons. The molecule has 7 heteroatoms. The number of rotatable bonds is 7. The number of nitrogens with one attached hydrogen (secondary N) is 1. The second kappa shape index (κ2) is 8.55. The predicted molar refractivity (Wildman–Crippen MR) is 131 cm³/mol. The number of amides is 1. The van der Waals surface area contributed by atoms with Gasteiger partial charge in [0.15, 0.2) is 0 Å². The van der Waals surface area contributed by atoms with E-state index in [1.54, 1.807) is 12.1 Å². The topological polar surface area (TPSA) is 66.5 Å². The molecular weight excluding hydrogens is 511 g/mol. The molecule has 1 aliphatic carbocycles. The monoisotopic (exact) mass is 534 g/mol. The average molecular weight is 534 g/mol. The van der Waals surface area contributed by atoms with Crippen LogP contribution in [0.25, 0.3) is 10.8 Å². The van der Waals surface area contributed by atoms with Crippen molar-refractivity contribution in [3.8, 4) is 0 Å². The third-order valence-corrected chi connectivity index (χ3v) is 7.34. The number of hydrogen-bond donors (Lipinski definition) is 1. The molecule has 0 radical (unpaired) electrons. The number of halogens is 1. The van der Waals surface area contributed by atoms with Gasteiger partial charge in [-0.1, -0.05) is 24.3 Å². The van der Waals surface area contributed by atoms with Crippen LogP contribution in [0.15, 0.2) is 54.6 Å². The molecule has 30 heavy (non-hydrogen) atoms. The van der Waals surface area contributed by atoms with Gasteiger partial charge in [-0.2, -0.15) is 0 Å². The normalized spacial score (nSPS) is 12.9. The summed E-state index contributed by atoms with van der Waals surface area (Å²) in [7, 11) is -3.42. The SMILES string of the molecule is CS(=O)(=O)N(CCCC(=O)Nc1ccc2c3c(cccc13)CC2)c1ccc(I)cc1. The molecule has 0 bridgehead atoms. The highest BCUT2D eigenvalue weighted by atomic mass is 127. The zero-order valence-corrected chi connectivity index (χ0v) is 19.7. The van der Waals surface area contributed by atoms with Crippen LogP contribution in [0.2, 0.25) is 0 Å². The number of benzene rings is 3. The van der Waals surface area contributed by atoms with Gasteiger partial charge in [0.05, 0.1) is 11.9 Å². The Morgan fingerprint density at radius 3 is 2.43 bits per heavy atom. The van der Waals surface area contributed by atoms with Crippen LogP contribution in [0.1, 0.15) is 24.0 Å². The summed E-state index contributed by atoms with van der Waals surface area (Å²) in [6, 6.07) is 17.6. The van der Waals surface area contributed by atoms with Crippen LogP contribution in [0.5, 0.6) is 0 Å². The Kier molecular flexibility index (Phi) is 6.02. The van der Waals surface area contributed by atoms with Gasteiger partial charge in [-0.25, -0.2) is 8.42 Å². The Morgan fingerprint density at radius 1 is 1.03 bits per heavy atom. The minimum atomic E-state index is -3.42. The molecule has 0 aliphatic heterocycles. The first-order valence-electron chi connectivity index (χ1n) is 9.89. The molecule has 0 saturated heterocycles. The Bertz CT molecular complexity index is 1200. The molecular formula is C23H23IN2O3S. The summed E-state index contributed by atoms with van der Waals surface area (Å²) in [5.41, 5.74) is 4.10. The Morgan fingerprint density at radius 2 is 1.73 bits per heavy atom. The van der Waals surface area contributed by atoms with Gasteiger partial charge in [0.2, 0.25) is 15.9 Å². The summed E-state index contributed by atoms with van der Waals surface area (Å²) in [5, 5.41) is 5.36. The van der Waals surface area contributed by atoms with Gasteiger partial charge >= 0.3 is 0 Å². The average Bonchev–Trinajstić information content (AvgIpc) is 3.12. The second-order valence-electron chi connectivity index (χ2n) is 7.58. The molecule has 1 amide bonds. The van der Waals surface area contributed by atoms with Crippen LogP contribution >= 0.6 is 22.6 Å². The highest BCUT2D eigenvalue weighted by Gasteiger charge is 2.19. The van der Waals surface area contributed by atoms with E-state index in [9.17, 15) is 13.2 Å². The second-order valence-corrected chi connectivity index (χ2v) is 10.7. The number of sulfonamides is 1. The lowest BCUT2D eigenvalue weighted by Crippen LogP contribution is -2.31. The summed E-state index contributed by atoms with van der Waals surface area (Å²) in [6.45, 7) is 0.261. The zero-order chi connectivity index (χ0) is 21.3. The zero-order valence-electron chi connectivity index (χ0n) is 16.7. The van der Waals surface area contributed by atoms with Crippen molar-refractivity contribution in [1.29, 1.82) is 0 Å². The van der Waals surface area contributed by atoms with Crippen LogP contribution in [0, 0.1) is 3.57 Å². The Labute approximate surface area is 190 Å². The van der Waals surface area contributed by atoms with E-state index >= 15 is 0 Å². The molecule has 1 aliphatic rings. The number of carbonyl (C=O) groups excluding carboxylic acids is 1. The summed E-state index contributed by atoms with van der Waals surface area (Å²) in [4.78, 5) is 12.6. The number of hydrogen-bond acceptors (Lipinski definition) is 3. The fraction of sp³-hybridized carbons (Fsp3) is 0.261. The van der Waals surface area contributed by atoms with Gasteiger partial charge in [0, 0.05) is 27.6 Å². The first kappa shape index (κ1) is 21.1. The third-order valence-electron chi connectivity index (χ3n) is 5.43.